The lowest BCUT2D eigenvalue weighted by Crippen LogP contribution is -2.29. The van der Waals surface area contributed by atoms with Crippen molar-refractivity contribution in [3.63, 3.8) is 0 Å². The van der Waals surface area contributed by atoms with Crippen molar-refractivity contribution in [3.8, 4) is 17.2 Å². The molecule has 126 valence electrons. The number of aliphatic carboxylic acids is 1. The van der Waals surface area contributed by atoms with Crippen LogP contribution in [0.5, 0.6) is 17.2 Å². The Morgan fingerprint density at radius 2 is 2.00 bits per heavy atom. The number of rotatable bonds is 5. The van der Waals surface area contributed by atoms with Gasteiger partial charge in [0.25, 0.3) is 5.91 Å². The normalized spacial score (nSPS) is 10.4. The molecule has 2 heterocycles. The van der Waals surface area contributed by atoms with Crippen LogP contribution in [0, 0.1) is 0 Å². The van der Waals surface area contributed by atoms with Gasteiger partial charge in [-0.15, -0.1) is 0 Å². The van der Waals surface area contributed by atoms with Gasteiger partial charge in [0.1, 0.15) is 18.0 Å². The zero-order chi connectivity index (χ0) is 17.8. The van der Waals surface area contributed by atoms with Crippen molar-refractivity contribution in [1.82, 2.24) is 15.3 Å². The van der Waals surface area contributed by atoms with Crippen LogP contribution in [0.25, 0.3) is 10.8 Å². The van der Waals surface area contributed by atoms with Crippen LogP contribution < -0.4 is 10.1 Å². The number of carbonyl (C=O) groups is 2. The highest BCUT2D eigenvalue weighted by atomic mass is 16.5. The van der Waals surface area contributed by atoms with E-state index in [2.05, 4.69) is 15.3 Å². The van der Waals surface area contributed by atoms with E-state index in [0.717, 1.165) is 0 Å². The van der Waals surface area contributed by atoms with E-state index in [-0.39, 0.29) is 11.4 Å². The lowest BCUT2D eigenvalue weighted by atomic mass is 10.1. The monoisotopic (exact) mass is 339 g/mol. The quantitative estimate of drug-likeness (QED) is 0.649. The molecule has 25 heavy (non-hydrogen) atoms. The second kappa shape index (κ2) is 6.83. The fourth-order valence-corrected chi connectivity index (χ4v) is 2.19. The first-order valence-electron chi connectivity index (χ1n) is 7.24. The van der Waals surface area contributed by atoms with E-state index in [4.69, 9.17) is 9.84 Å². The molecule has 3 rings (SSSR count). The third-order valence-electron chi connectivity index (χ3n) is 3.32. The van der Waals surface area contributed by atoms with Gasteiger partial charge in [-0.2, -0.15) is 0 Å². The number of nitrogens with zero attached hydrogens (tertiary/aromatic N) is 2. The summed E-state index contributed by atoms with van der Waals surface area (Å²) in [6.45, 7) is -0.567. The van der Waals surface area contributed by atoms with Crippen molar-refractivity contribution < 1.29 is 24.5 Å². The molecule has 0 aliphatic rings. The van der Waals surface area contributed by atoms with Crippen molar-refractivity contribution in [3.05, 3.63) is 54.6 Å². The fraction of sp³-hybridized carbons (Fsp3) is 0.0588. The Morgan fingerprint density at radius 3 is 2.72 bits per heavy atom. The van der Waals surface area contributed by atoms with E-state index in [1.54, 1.807) is 42.7 Å². The Morgan fingerprint density at radius 1 is 1.16 bits per heavy atom. The molecule has 0 unspecified atom stereocenters. The number of aromatic nitrogens is 2. The highest BCUT2D eigenvalue weighted by molar-refractivity contribution is 6.02. The van der Waals surface area contributed by atoms with Gasteiger partial charge in [0.2, 0.25) is 0 Å². The van der Waals surface area contributed by atoms with E-state index >= 15 is 0 Å². The number of carbonyl (C=O) groups excluding carboxylic acids is 1. The van der Waals surface area contributed by atoms with Crippen molar-refractivity contribution >= 4 is 22.6 Å². The minimum Gasteiger partial charge on any atom is -0.505 e. The van der Waals surface area contributed by atoms with Crippen LogP contribution in [-0.4, -0.2) is 38.6 Å². The summed E-state index contributed by atoms with van der Waals surface area (Å²) in [5.41, 5.74) is -0.257. The van der Waals surface area contributed by atoms with Gasteiger partial charge in [0.15, 0.2) is 11.4 Å². The number of carboxylic acid groups (broad SMARTS) is 1. The number of carboxylic acids is 1. The molecule has 0 fully saturated rings. The second-order valence-electron chi connectivity index (χ2n) is 5.07. The number of fused-ring (bicyclic) bond motifs is 1. The van der Waals surface area contributed by atoms with Crippen molar-refractivity contribution in [2.24, 2.45) is 0 Å². The van der Waals surface area contributed by atoms with Gasteiger partial charge in [-0.1, -0.05) is 0 Å². The van der Waals surface area contributed by atoms with E-state index in [0.29, 0.717) is 22.3 Å². The third kappa shape index (κ3) is 3.63. The van der Waals surface area contributed by atoms with Gasteiger partial charge in [-0.25, -0.2) is 4.98 Å². The maximum atomic E-state index is 12.0. The van der Waals surface area contributed by atoms with Crippen LogP contribution in [0.1, 0.15) is 10.5 Å². The summed E-state index contributed by atoms with van der Waals surface area (Å²) in [7, 11) is 0. The maximum Gasteiger partial charge on any atom is 0.322 e. The number of ether oxygens (including phenoxy) is 1. The number of benzene rings is 1. The average Bonchev–Trinajstić information content (AvgIpc) is 2.61. The number of hydrogen-bond donors (Lipinski definition) is 3. The predicted octanol–water partition coefficient (Wildman–Crippen LogP) is 1.94. The Kier molecular flexibility index (Phi) is 4.42. The standard InChI is InChI=1S/C17H13N3O5/c21-14(22)9-20-17(24)15-16(23)13-6-11(4-3-10(13)7-19-15)25-12-2-1-5-18-8-12/h1-8,23H,9H2,(H,20,24)(H,21,22). The molecule has 0 saturated carbocycles. The zero-order valence-corrected chi connectivity index (χ0v) is 12.8. The molecule has 0 aliphatic carbocycles. The van der Waals surface area contributed by atoms with Gasteiger partial charge in [0.05, 0.1) is 6.20 Å². The Labute approximate surface area is 141 Å². The van der Waals surface area contributed by atoms with E-state index < -0.39 is 18.4 Å². The third-order valence-corrected chi connectivity index (χ3v) is 3.32. The van der Waals surface area contributed by atoms with Crippen LogP contribution in [-0.2, 0) is 4.79 Å². The van der Waals surface area contributed by atoms with Crippen LogP contribution in [0.2, 0.25) is 0 Å². The minimum absolute atomic E-state index is 0.257. The number of nitrogens with one attached hydrogen (secondary N) is 1. The topological polar surface area (TPSA) is 122 Å². The number of amides is 1. The van der Waals surface area contributed by atoms with E-state index in [1.165, 1.54) is 6.20 Å². The molecule has 1 amide bonds. The summed E-state index contributed by atoms with van der Waals surface area (Å²) >= 11 is 0. The van der Waals surface area contributed by atoms with E-state index in [9.17, 15) is 14.7 Å². The molecule has 0 atom stereocenters. The van der Waals surface area contributed by atoms with Crippen LogP contribution in [0.4, 0.5) is 0 Å². The number of hydrogen-bond acceptors (Lipinski definition) is 6. The van der Waals surface area contributed by atoms with Crippen LogP contribution in [0.3, 0.4) is 0 Å². The highest BCUT2D eigenvalue weighted by Gasteiger charge is 2.17. The maximum absolute atomic E-state index is 12.0. The molecule has 3 aromatic rings. The first-order valence-corrected chi connectivity index (χ1v) is 7.24. The van der Waals surface area contributed by atoms with Crippen molar-refractivity contribution in [1.29, 1.82) is 0 Å². The molecule has 2 aromatic heterocycles. The van der Waals surface area contributed by atoms with Gasteiger partial charge in [0, 0.05) is 23.2 Å². The molecule has 8 heteroatoms. The SMILES string of the molecule is O=C(O)CNC(=O)c1ncc2ccc(Oc3cccnc3)cc2c1O. The number of pyridine rings is 2. The Balaban J connectivity index is 1.93. The summed E-state index contributed by atoms with van der Waals surface area (Å²) in [6.07, 6.45) is 4.58. The van der Waals surface area contributed by atoms with E-state index in [1.807, 2.05) is 0 Å². The molecule has 0 spiro atoms. The Hall–Kier alpha value is -3.68. The fourth-order valence-electron chi connectivity index (χ4n) is 2.19. The van der Waals surface area contributed by atoms with Gasteiger partial charge >= 0.3 is 5.97 Å². The van der Waals surface area contributed by atoms with Gasteiger partial charge in [-0.3, -0.25) is 14.6 Å². The van der Waals surface area contributed by atoms with Crippen molar-refractivity contribution in [2.45, 2.75) is 0 Å². The summed E-state index contributed by atoms with van der Waals surface area (Å²) in [5.74, 6) is -1.35. The average molecular weight is 339 g/mol. The summed E-state index contributed by atoms with van der Waals surface area (Å²) < 4.78 is 5.65. The first-order chi connectivity index (χ1) is 12.0. The molecule has 0 bridgehead atoms. The lowest BCUT2D eigenvalue weighted by molar-refractivity contribution is -0.135. The highest BCUT2D eigenvalue weighted by Crippen LogP contribution is 2.31. The smallest absolute Gasteiger partial charge is 0.322 e. The number of aromatic hydroxyl groups is 1. The molecular weight excluding hydrogens is 326 g/mol. The molecular formula is C17H13N3O5. The summed E-state index contributed by atoms with van der Waals surface area (Å²) in [5, 5.41) is 22.1. The molecule has 3 N–H and O–H groups in total. The summed E-state index contributed by atoms with van der Waals surface area (Å²) in [4.78, 5) is 30.3. The van der Waals surface area contributed by atoms with Crippen molar-refractivity contribution in [2.75, 3.05) is 6.54 Å². The molecule has 1 aromatic carbocycles. The minimum atomic E-state index is -1.19. The summed E-state index contributed by atoms with van der Waals surface area (Å²) in [6, 6.07) is 8.40. The Bertz CT molecular complexity index is 944. The van der Waals surface area contributed by atoms with Gasteiger partial charge in [-0.05, 0) is 30.3 Å². The van der Waals surface area contributed by atoms with Gasteiger partial charge < -0.3 is 20.3 Å². The lowest BCUT2D eigenvalue weighted by Gasteiger charge is -2.09. The molecule has 0 radical (unpaired) electrons. The van der Waals surface area contributed by atoms with Crippen LogP contribution in [0.15, 0.2) is 48.9 Å². The predicted molar refractivity (Wildman–Crippen MR) is 87.7 cm³/mol. The molecule has 0 saturated heterocycles. The first kappa shape index (κ1) is 16.2. The molecule has 8 nitrogen and oxygen atoms in total. The van der Waals surface area contributed by atoms with Crippen LogP contribution >= 0.6 is 0 Å². The largest absolute Gasteiger partial charge is 0.505 e. The zero-order valence-electron chi connectivity index (χ0n) is 12.8. The molecule has 0 aliphatic heterocycles. The second-order valence-corrected chi connectivity index (χ2v) is 5.07.